The Hall–Kier alpha value is -3.19. The van der Waals surface area contributed by atoms with Crippen molar-refractivity contribution in [3.8, 4) is 5.75 Å². The van der Waals surface area contributed by atoms with Gasteiger partial charge in [-0.05, 0) is 35.4 Å². The number of ketones is 1. The van der Waals surface area contributed by atoms with Crippen molar-refractivity contribution in [3.63, 3.8) is 0 Å². The van der Waals surface area contributed by atoms with E-state index in [1.807, 2.05) is 14.1 Å². The number of carbonyl (C=O) groups is 2. The Kier molecular flexibility index (Phi) is 6.29. The highest BCUT2D eigenvalue weighted by molar-refractivity contribution is 6.46. The minimum Gasteiger partial charge on any atom is -0.872 e. The largest absolute Gasteiger partial charge is 0.872 e. The summed E-state index contributed by atoms with van der Waals surface area (Å²) in [5, 5.41) is 13.3. The molecule has 0 bridgehead atoms. The van der Waals surface area contributed by atoms with Crippen molar-refractivity contribution in [2.45, 2.75) is 12.5 Å². The molecule has 29 heavy (non-hydrogen) atoms. The minimum absolute atomic E-state index is 0.0216. The molecule has 3 rings (SSSR count). The van der Waals surface area contributed by atoms with Gasteiger partial charge in [0.15, 0.2) is 0 Å². The van der Waals surface area contributed by atoms with E-state index in [9.17, 15) is 14.7 Å². The third kappa shape index (κ3) is 4.30. The van der Waals surface area contributed by atoms with Crippen LogP contribution in [0.3, 0.4) is 0 Å². The van der Waals surface area contributed by atoms with Crippen LogP contribution < -0.4 is 14.7 Å². The summed E-state index contributed by atoms with van der Waals surface area (Å²) in [5.41, 5.74) is 0.994. The average molecular weight is 395 g/mol. The van der Waals surface area contributed by atoms with Gasteiger partial charge in [0, 0.05) is 30.9 Å². The lowest BCUT2D eigenvalue weighted by Crippen LogP contribution is -3.05. The number of amides is 1. The molecule has 7 heteroatoms. The number of ether oxygens (including phenoxy) is 1. The molecule has 1 aromatic heterocycles. The molecule has 1 aromatic carbocycles. The van der Waals surface area contributed by atoms with Crippen LogP contribution in [0.4, 0.5) is 0 Å². The zero-order valence-electron chi connectivity index (χ0n) is 16.8. The lowest BCUT2D eigenvalue weighted by Gasteiger charge is -2.27. The van der Waals surface area contributed by atoms with Crippen LogP contribution in [0.15, 0.2) is 54.4 Å². The van der Waals surface area contributed by atoms with Crippen molar-refractivity contribution in [1.29, 1.82) is 0 Å². The number of rotatable bonds is 7. The highest BCUT2D eigenvalue weighted by Gasteiger charge is 2.43. The number of nitrogens with zero attached hydrogens (tertiary/aromatic N) is 2. The van der Waals surface area contributed by atoms with Crippen LogP contribution in [-0.2, 0) is 9.59 Å². The molecule has 0 spiro atoms. The quantitative estimate of drug-likeness (QED) is 0.400. The summed E-state index contributed by atoms with van der Waals surface area (Å²) in [6, 6.07) is 9.37. The van der Waals surface area contributed by atoms with E-state index in [0.29, 0.717) is 23.4 Å². The number of aromatic nitrogens is 1. The number of hydrogen-bond donors (Lipinski definition) is 1. The molecule has 1 N–H and O–H groups in total. The first-order chi connectivity index (χ1) is 13.9. The van der Waals surface area contributed by atoms with Crippen molar-refractivity contribution in [2.75, 3.05) is 34.3 Å². The molecule has 1 aliphatic heterocycles. The van der Waals surface area contributed by atoms with Crippen LogP contribution in [0.5, 0.6) is 5.75 Å². The number of nitrogens with one attached hydrogen (secondary N) is 1. The molecular weight excluding hydrogens is 370 g/mol. The molecule has 0 saturated carbocycles. The van der Waals surface area contributed by atoms with E-state index in [-0.39, 0.29) is 5.57 Å². The fraction of sp³-hybridized carbons (Fsp3) is 0.318. The van der Waals surface area contributed by atoms with E-state index in [1.54, 1.807) is 48.8 Å². The average Bonchev–Trinajstić information content (AvgIpc) is 2.98. The summed E-state index contributed by atoms with van der Waals surface area (Å²) in [4.78, 5) is 32.4. The maximum absolute atomic E-state index is 13.3. The third-order valence-electron chi connectivity index (χ3n) is 4.96. The second-order valence-corrected chi connectivity index (χ2v) is 7.30. The molecule has 7 nitrogen and oxygen atoms in total. The van der Waals surface area contributed by atoms with Crippen molar-refractivity contribution in [2.24, 2.45) is 0 Å². The van der Waals surface area contributed by atoms with Gasteiger partial charge < -0.3 is 19.6 Å². The Labute approximate surface area is 170 Å². The van der Waals surface area contributed by atoms with Crippen LogP contribution in [0.2, 0.25) is 0 Å². The summed E-state index contributed by atoms with van der Waals surface area (Å²) in [5.74, 6) is -1.31. The second kappa shape index (κ2) is 8.87. The highest BCUT2D eigenvalue weighted by atomic mass is 16.5. The maximum Gasteiger partial charge on any atom is 0.295 e. The van der Waals surface area contributed by atoms with Gasteiger partial charge in [0.2, 0.25) is 5.78 Å². The summed E-state index contributed by atoms with van der Waals surface area (Å²) in [6.45, 7) is 1.25. The van der Waals surface area contributed by atoms with Crippen LogP contribution in [0, 0.1) is 0 Å². The van der Waals surface area contributed by atoms with Gasteiger partial charge in [-0.15, -0.1) is 0 Å². The predicted molar refractivity (Wildman–Crippen MR) is 106 cm³/mol. The topological polar surface area (TPSA) is 87.0 Å². The van der Waals surface area contributed by atoms with E-state index < -0.39 is 23.5 Å². The number of benzene rings is 1. The van der Waals surface area contributed by atoms with Crippen molar-refractivity contribution in [3.05, 3.63) is 65.5 Å². The van der Waals surface area contributed by atoms with E-state index in [0.717, 1.165) is 13.0 Å². The molecule has 152 valence electrons. The first kappa shape index (κ1) is 20.5. The maximum atomic E-state index is 13.3. The monoisotopic (exact) mass is 395 g/mol. The van der Waals surface area contributed by atoms with Gasteiger partial charge in [-0.25, -0.2) is 0 Å². The molecular formula is C22H25N3O4. The normalized spacial score (nSPS) is 18.5. The molecule has 0 aliphatic carbocycles. The number of pyridine rings is 1. The van der Waals surface area contributed by atoms with Crippen molar-refractivity contribution >= 4 is 17.4 Å². The summed E-state index contributed by atoms with van der Waals surface area (Å²) >= 11 is 0. The second-order valence-electron chi connectivity index (χ2n) is 7.30. The van der Waals surface area contributed by atoms with Gasteiger partial charge in [-0.1, -0.05) is 17.9 Å². The number of quaternary nitrogens is 1. The molecule has 1 unspecified atom stereocenters. The molecule has 2 aromatic rings. The summed E-state index contributed by atoms with van der Waals surface area (Å²) < 4.78 is 5.19. The van der Waals surface area contributed by atoms with Gasteiger partial charge in [-0.3, -0.25) is 14.6 Å². The smallest absolute Gasteiger partial charge is 0.295 e. The number of methoxy groups -OCH3 is 1. The van der Waals surface area contributed by atoms with Gasteiger partial charge in [0.1, 0.15) is 5.75 Å². The number of hydrogen-bond acceptors (Lipinski definition) is 5. The SMILES string of the molecule is COc1cccc(/C([O-])=C2\C(=O)C(=O)N(CCC[NH+](C)C)C2c2ccncc2)c1. The van der Waals surface area contributed by atoms with Gasteiger partial charge in [-0.2, -0.15) is 0 Å². The fourth-order valence-electron chi connectivity index (χ4n) is 3.52. The third-order valence-corrected chi connectivity index (χ3v) is 4.96. The first-order valence-corrected chi connectivity index (χ1v) is 9.54. The minimum atomic E-state index is -0.739. The van der Waals surface area contributed by atoms with E-state index in [1.165, 1.54) is 16.9 Å². The lowest BCUT2D eigenvalue weighted by molar-refractivity contribution is -0.858. The Balaban J connectivity index is 2.07. The van der Waals surface area contributed by atoms with Crippen molar-refractivity contribution < 1.29 is 24.3 Å². The van der Waals surface area contributed by atoms with E-state index in [4.69, 9.17) is 4.74 Å². The van der Waals surface area contributed by atoms with Crippen LogP contribution in [0.25, 0.3) is 5.76 Å². The Morgan fingerprint density at radius 1 is 1.21 bits per heavy atom. The number of likely N-dealkylation sites (tertiary alicyclic amines) is 1. The standard InChI is InChI=1S/C22H25N3O4/c1-24(2)12-5-13-25-19(15-8-10-23-11-9-15)18(21(27)22(25)28)20(26)16-6-4-7-17(14-16)29-3/h4,6-11,14,19,26H,5,12-13H2,1-3H3/b20-18+. The molecule has 1 atom stereocenters. The molecule has 2 heterocycles. The van der Waals surface area contributed by atoms with Crippen molar-refractivity contribution in [1.82, 2.24) is 9.88 Å². The van der Waals surface area contributed by atoms with Gasteiger partial charge in [0.05, 0.1) is 33.8 Å². The summed E-state index contributed by atoms with van der Waals surface area (Å²) in [7, 11) is 5.57. The predicted octanol–water partition coefficient (Wildman–Crippen LogP) is -0.151. The molecule has 1 amide bonds. The highest BCUT2D eigenvalue weighted by Crippen LogP contribution is 2.38. The first-order valence-electron chi connectivity index (χ1n) is 9.54. The molecule has 1 aliphatic rings. The van der Waals surface area contributed by atoms with Crippen LogP contribution in [0.1, 0.15) is 23.6 Å². The zero-order valence-corrected chi connectivity index (χ0v) is 16.8. The zero-order chi connectivity index (χ0) is 21.0. The summed E-state index contributed by atoms with van der Waals surface area (Å²) in [6.07, 6.45) is 3.92. The van der Waals surface area contributed by atoms with Crippen LogP contribution in [-0.4, -0.2) is 55.9 Å². The molecule has 1 fully saturated rings. The van der Waals surface area contributed by atoms with Crippen LogP contribution >= 0.6 is 0 Å². The molecule has 0 radical (unpaired) electrons. The molecule has 1 saturated heterocycles. The van der Waals surface area contributed by atoms with E-state index >= 15 is 0 Å². The lowest BCUT2D eigenvalue weighted by atomic mass is 9.96. The number of Topliss-reactive ketones (excluding diaryl/α,β-unsaturated/α-hetero) is 1. The Bertz CT molecular complexity index is 925. The number of carbonyl (C=O) groups excluding carboxylic acids is 2. The van der Waals surface area contributed by atoms with Gasteiger partial charge in [0.25, 0.3) is 5.91 Å². The van der Waals surface area contributed by atoms with Gasteiger partial charge >= 0.3 is 0 Å². The van der Waals surface area contributed by atoms with E-state index in [2.05, 4.69) is 4.98 Å². The Morgan fingerprint density at radius 2 is 1.93 bits per heavy atom. The Morgan fingerprint density at radius 3 is 2.59 bits per heavy atom. The fourth-order valence-corrected chi connectivity index (χ4v) is 3.52.